The van der Waals surface area contributed by atoms with Gasteiger partial charge in [-0.3, -0.25) is 4.79 Å². The second-order valence-electron chi connectivity index (χ2n) is 6.72. The van der Waals surface area contributed by atoms with E-state index in [2.05, 4.69) is 5.32 Å². The van der Waals surface area contributed by atoms with Gasteiger partial charge in [-0.25, -0.2) is 13.2 Å². The number of nitrogens with zero attached hydrogens (tertiary/aromatic N) is 1. The monoisotopic (exact) mass is 450 g/mol. The van der Waals surface area contributed by atoms with Crippen molar-refractivity contribution in [3.05, 3.63) is 59.2 Å². The van der Waals surface area contributed by atoms with Gasteiger partial charge in [0.15, 0.2) is 0 Å². The average Bonchev–Trinajstić information content (AvgIpc) is 2.74. The van der Waals surface area contributed by atoms with Crippen LogP contribution in [0.2, 0.25) is 0 Å². The van der Waals surface area contributed by atoms with Crippen LogP contribution in [0.15, 0.2) is 47.4 Å². The Bertz CT molecular complexity index is 1010. The van der Waals surface area contributed by atoms with Gasteiger partial charge in [0.1, 0.15) is 0 Å². The molecule has 168 valence electrons. The number of rotatable bonds is 11. The van der Waals surface area contributed by atoms with Gasteiger partial charge in [-0.05, 0) is 43.3 Å². The number of sulfonamides is 1. The number of methoxy groups -OCH3 is 2. The molecule has 0 heterocycles. The number of benzene rings is 2. The first kappa shape index (κ1) is 24.5. The molecule has 0 aliphatic rings. The van der Waals surface area contributed by atoms with E-state index in [1.54, 1.807) is 13.0 Å². The number of hydrogen-bond donors (Lipinski definition) is 2. The summed E-state index contributed by atoms with van der Waals surface area (Å²) in [5.74, 6) is -1.71. The van der Waals surface area contributed by atoms with Gasteiger partial charge >= 0.3 is 5.97 Å². The zero-order chi connectivity index (χ0) is 23.0. The smallest absolute Gasteiger partial charge is 0.337 e. The molecule has 2 N–H and O–H groups in total. The highest BCUT2D eigenvalue weighted by atomic mass is 32.2. The number of hydrogen-bond acceptors (Lipinski definition) is 6. The lowest BCUT2D eigenvalue weighted by Crippen LogP contribution is -2.36. The lowest BCUT2D eigenvalue weighted by Gasteiger charge is -2.21. The highest BCUT2D eigenvalue weighted by molar-refractivity contribution is 7.89. The minimum absolute atomic E-state index is 0.0258. The largest absolute Gasteiger partial charge is 0.478 e. The predicted octanol–water partition coefficient (Wildman–Crippen LogP) is 2.23. The standard InChI is InChI=1S/C21H26N2O7S/c1-15-4-9-19(18(14-15)21(25)26)22-20(24)16-5-7-17(8-6-16)31(27,28)23(10-12-29-2)11-13-30-3/h4-9,14H,10-13H2,1-3H3,(H,22,24)(H,25,26). The fraction of sp³-hybridized carbons (Fsp3) is 0.333. The molecular weight excluding hydrogens is 424 g/mol. The van der Waals surface area contributed by atoms with Crippen LogP contribution >= 0.6 is 0 Å². The SMILES string of the molecule is COCCN(CCOC)S(=O)(=O)c1ccc(C(=O)Nc2ccc(C)cc2C(=O)O)cc1. The van der Waals surface area contributed by atoms with Crippen LogP contribution in [0.5, 0.6) is 0 Å². The lowest BCUT2D eigenvalue weighted by atomic mass is 10.1. The Labute approximate surface area is 181 Å². The van der Waals surface area contributed by atoms with Crippen molar-refractivity contribution in [1.29, 1.82) is 0 Å². The van der Waals surface area contributed by atoms with E-state index in [0.29, 0.717) is 0 Å². The zero-order valence-electron chi connectivity index (χ0n) is 17.6. The highest BCUT2D eigenvalue weighted by Gasteiger charge is 2.24. The van der Waals surface area contributed by atoms with Crippen LogP contribution < -0.4 is 5.32 Å². The number of anilines is 1. The Morgan fingerprint density at radius 2 is 1.58 bits per heavy atom. The van der Waals surface area contributed by atoms with Crippen molar-refractivity contribution < 1.29 is 32.6 Å². The van der Waals surface area contributed by atoms with E-state index in [9.17, 15) is 23.1 Å². The molecule has 0 radical (unpaired) electrons. The molecule has 0 spiro atoms. The summed E-state index contributed by atoms with van der Waals surface area (Å²) in [5, 5.41) is 11.9. The van der Waals surface area contributed by atoms with Crippen molar-refractivity contribution in [2.24, 2.45) is 0 Å². The number of ether oxygens (including phenoxy) is 2. The normalized spacial score (nSPS) is 11.5. The summed E-state index contributed by atoms with van der Waals surface area (Å²) in [6, 6.07) is 10.1. The molecule has 2 aromatic rings. The third-order valence-corrected chi connectivity index (χ3v) is 6.41. The highest BCUT2D eigenvalue weighted by Crippen LogP contribution is 2.20. The Morgan fingerprint density at radius 3 is 2.10 bits per heavy atom. The van der Waals surface area contributed by atoms with E-state index in [1.165, 1.54) is 54.9 Å². The first-order valence-electron chi connectivity index (χ1n) is 9.44. The predicted molar refractivity (Wildman–Crippen MR) is 115 cm³/mol. The molecule has 0 aromatic heterocycles. The molecule has 31 heavy (non-hydrogen) atoms. The summed E-state index contributed by atoms with van der Waals surface area (Å²) in [6.07, 6.45) is 0. The summed E-state index contributed by atoms with van der Waals surface area (Å²) in [5.41, 5.74) is 1.07. The maximum absolute atomic E-state index is 12.9. The molecule has 0 unspecified atom stereocenters. The van der Waals surface area contributed by atoms with E-state index >= 15 is 0 Å². The average molecular weight is 451 g/mol. The van der Waals surface area contributed by atoms with Crippen LogP contribution in [0.3, 0.4) is 0 Å². The van der Waals surface area contributed by atoms with Gasteiger partial charge in [-0.15, -0.1) is 0 Å². The van der Waals surface area contributed by atoms with Crippen molar-refractivity contribution in [2.75, 3.05) is 45.8 Å². The minimum Gasteiger partial charge on any atom is -0.478 e. The first-order chi connectivity index (χ1) is 14.7. The van der Waals surface area contributed by atoms with Crippen LogP contribution in [-0.4, -0.2) is 70.2 Å². The number of aryl methyl sites for hydroxylation is 1. The fourth-order valence-electron chi connectivity index (χ4n) is 2.80. The van der Waals surface area contributed by atoms with E-state index in [-0.39, 0.29) is 48.0 Å². The molecule has 0 bridgehead atoms. The van der Waals surface area contributed by atoms with E-state index < -0.39 is 21.9 Å². The third-order valence-electron chi connectivity index (χ3n) is 4.50. The molecule has 0 aliphatic carbocycles. The van der Waals surface area contributed by atoms with Gasteiger partial charge in [-0.2, -0.15) is 4.31 Å². The maximum atomic E-state index is 12.9. The number of amides is 1. The molecule has 0 fully saturated rings. The van der Waals surface area contributed by atoms with Crippen molar-refractivity contribution in [3.63, 3.8) is 0 Å². The molecule has 0 atom stereocenters. The van der Waals surface area contributed by atoms with Crippen LogP contribution in [0.1, 0.15) is 26.3 Å². The van der Waals surface area contributed by atoms with Crippen molar-refractivity contribution in [2.45, 2.75) is 11.8 Å². The Morgan fingerprint density at radius 1 is 1.00 bits per heavy atom. The van der Waals surface area contributed by atoms with Gasteiger partial charge in [0.2, 0.25) is 10.0 Å². The molecule has 2 rings (SSSR count). The fourth-order valence-corrected chi connectivity index (χ4v) is 4.21. The van der Waals surface area contributed by atoms with Gasteiger partial charge in [0.05, 0.1) is 29.4 Å². The van der Waals surface area contributed by atoms with Gasteiger partial charge in [0, 0.05) is 32.9 Å². The summed E-state index contributed by atoms with van der Waals surface area (Å²) in [7, 11) is -0.837. The second kappa shape index (κ2) is 11.0. The number of carboxylic acid groups (broad SMARTS) is 1. The lowest BCUT2D eigenvalue weighted by molar-refractivity contribution is 0.0698. The number of carboxylic acids is 1. The number of aromatic carboxylic acids is 1. The summed E-state index contributed by atoms with van der Waals surface area (Å²) in [6.45, 7) is 2.53. The molecule has 10 heteroatoms. The van der Waals surface area contributed by atoms with Gasteiger partial charge in [-0.1, -0.05) is 11.6 Å². The topological polar surface area (TPSA) is 122 Å². The van der Waals surface area contributed by atoms with E-state index in [4.69, 9.17) is 9.47 Å². The molecule has 1 amide bonds. The minimum atomic E-state index is -3.81. The molecular formula is C21H26N2O7S. The van der Waals surface area contributed by atoms with Crippen LogP contribution in [-0.2, 0) is 19.5 Å². The van der Waals surface area contributed by atoms with E-state index in [0.717, 1.165) is 5.56 Å². The van der Waals surface area contributed by atoms with Gasteiger partial charge < -0.3 is 19.9 Å². The number of carbonyl (C=O) groups is 2. The Kier molecular flexibility index (Phi) is 8.69. The quantitative estimate of drug-likeness (QED) is 0.538. The third kappa shape index (κ3) is 6.34. The van der Waals surface area contributed by atoms with E-state index in [1.807, 2.05) is 0 Å². The molecule has 0 saturated carbocycles. The zero-order valence-corrected chi connectivity index (χ0v) is 18.4. The summed E-state index contributed by atoms with van der Waals surface area (Å²) in [4.78, 5) is 24.0. The second-order valence-corrected chi connectivity index (χ2v) is 8.66. The Hall–Kier alpha value is -2.79. The number of carbonyl (C=O) groups excluding carboxylic acids is 1. The van der Waals surface area contributed by atoms with Crippen molar-refractivity contribution in [1.82, 2.24) is 4.31 Å². The Balaban J connectivity index is 2.22. The first-order valence-corrected chi connectivity index (χ1v) is 10.9. The van der Waals surface area contributed by atoms with Crippen LogP contribution in [0.25, 0.3) is 0 Å². The van der Waals surface area contributed by atoms with Gasteiger partial charge in [0.25, 0.3) is 5.91 Å². The summed E-state index contributed by atoms with van der Waals surface area (Å²) >= 11 is 0. The van der Waals surface area contributed by atoms with Crippen LogP contribution in [0, 0.1) is 6.92 Å². The molecule has 2 aromatic carbocycles. The number of nitrogens with one attached hydrogen (secondary N) is 1. The van der Waals surface area contributed by atoms with Crippen molar-refractivity contribution in [3.8, 4) is 0 Å². The molecule has 0 aliphatic heterocycles. The van der Waals surface area contributed by atoms with Crippen molar-refractivity contribution >= 4 is 27.6 Å². The summed E-state index contributed by atoms with van der Waals surface area (Å²) < 4.78 is 37.0. The van der Waals surface area contributed by atoms with Crippen LogP contribution in [0.4, 0.5) is 5.69 Å². The maximum Gasteiger partial charge on any atom is 0.337 e. The molecule has 0 saturated heterocycles. The molecule has 9 nitrogen and oxygen atoms in total.